The van der Waals surface area contributed by atoms with Gasteiger partial charge in [0.1, 0.15) is 6.54 Å². The molecule has 2 rings (SSSR count). The van der Waals surface area contributed by atoms with Crippen LogP contribution in [0.2, 0.25) is 5.02 Å². The van der Waals surface area contributed by atoms with E-state index in [0.717, 1.165) is 9.87 Å². The third kappa shape index (κ3) is 5.20. The molecule has 2 aromatic carbocycles. The molecule has 0 bridgehead atoms. The number of halogens is 1. The Kier molecular flexibility index (Phi) is 7.02. The Bertz CT molecular complexity index is 836. The molecule has 0 saturated heterocycles. The Labute approximate surface area is 158 Å². The number of aryl methyl sites for hydroxylation is 1. The Balaban J connectivity index is 2.34. The van der Waals surface area contributed by atoms with Gasteiger partial charge in [-0.25, -0.2) is 8.42 Å². The number of nitrogens with one attached hydrogen (secondary N) is 1. The van der Waals surface area contributed by atoms with E-state index in [9.17, 15) is 13.2 Å². The number of benzene rings is 2. The monoisotopic (exact) mass is 396 g/mol. The second-order valence-electron chi connectivity index (χ2n) is 5.64. The minimum absolute atomic E-state index is 0.114. The van der Waals surface area contributed by atoms with Gasteiger partial charge in [0.2, 0.25) is 5.91 Å². The molecule has 0 atom stereocenters. The number of hydrogen-bond donors (Lipinski definition) is 1. The number of carbonyl (C=O) groups excluding carboxylic acids is 1. The quantitative estimate of drug-likeness (QED) is 0.696. The Morgan fingerprint density at radius 2 is 1.73 bits per heavy atom. The van der Waals surface area contributed by atoms with E-state index in [1.807, 2.05) is 6.92 Å². The van der Waals surface area contributed by atoms with Gasteiger partial charge in [-0.05, 0) is 43.3 Å². The van der Waals surface area contributed by atoms with Gasteiger partial charge in [-0.15, -0.1) is 0 Å². The lowest BCUT2D eigenvalue weighted by atomic mass is 10.2. The van der Waals surface area contributed by atoms with Crippen molar-refractivity contribution in [1.29, 1.82) is 0 Å². The van der Waals surface area contributed by atoms with Crippen LogP contribution in [0.4, 0.5) is 5.69 Å². The van der Waals surface area contributed by atoms with Crippen molar-refractivity contribution in [3.8, 4) is 0 Å². The molecule has 0 spiro atoms. The van der Waals surface area contributed by atoms with Gasteiger partial charge in [0.05, 0.1) is 17.2 Å². The maximum atomic E-state index is 13.1. The van der Waals surface area contributed by atoms with Crippen molar-refractivity contribution in [2.75, 3.05) is 31.1 Å². The van der Waals surface area contributed by atoms with E-state index >= 15 is 0 Å². The van der Waals surface area contributed by atoms with E-state index in [4.69, 9.17) is 16.3 Å². The first-order valence-corrected chi connectivity index (χ1v) is 9.77. The second-order valence-corrected chi connectivity index (χ2v) is 7.94. The molecule has 6 nitrogen and oxygen atoms in total. The first-order valence-electron chi connectivity index (χ1n) is 7.95. The maximum absolute atomic E-state index is 13.1. The minimum Gasteiger partial charge on any atom is -0.383 e. The Hall–Kier alpha value is -2.09. The van der Waals surface area contributed by atoms with Gasteiger partial charge in [0.25, 0.3) is 10.0 Å². The number of carbonyl (C=O) groups is 1. The molecule has 0 unspecified atom stereocenters. The molecule has 0 fully saturated rings. The van der Waals surface area contributed by atoms with Crippen LogP contribution in [0, 0.1) is 6.92 Å². The molecule has 26 heavy (non-hydrogen) atoms. The van der Waals surface area contributed by atoms with Crippen LogP contribution in [0.1, 0.15) is 5.56 Å². The van der Waals surface area contributed by atoms with Crippen molar-refractivity contribution >= 4 is 33.2 Å². The second kappa shape index (κ2) is 9.02. The summed E-state index contributed by atoms with van der Waals surface area (Å²) in [5.41, 5.74) is 1.30. The van der Waals surface area contributed by atoms with Crippen molar-refractivity contribution < 1.29 is 17.9 Å². The molecule has 8 heteroatoms. The summed E-state index contributed by atoms with van der Waals surface area (Å²) >= 11 is 5.89. The highest BCUT2D eigenvalue weighted by atomic mass is 35.5. The summed E-state index contributed by atoms with van der Waals surface area (Å²) in [5, 5.41) is 3.11. The number of amides is 1. The molecule has 1 N–H and O–H groups in total. The lowest BCUT2D eigenvalue weighted by Crippen LogP contribution is -2.41. The normalized spacial score (nSPS) is 11.2. The molecule has 0 aliphatic heterocycles. The molecule has 0 aromatic heterocycles. The predicted molar refractivity (Wildman–Crippen MR) is 102 cm³/mol. The lowest BCUT2D eigenvalue weighted by Gasteiger charge is -2.24. The molecule has 1 amide bonds. The summed E-state index contributed by atoms with van der Waals surface area (Å²) in [5.74, 6) is -0.423. The molecule has 0 aliphatic carbocycles. The summed E-state index contributed by atoms with van der Waals surface area (Å²) < 4.78 is 32.1. The molecule has 140 valence electrons. The zero-order chi connectivity index (χ0) is 19.2. The van der Waals surface area contributed by atoms with Crippen molar-refractivity contribution in [3.63, 3.8) is 0 Å². The molecule has 0 aliphatic rings. The molecule has 2 aromatic rings. The molecule has 0 heterocycles. The summed E-state index contributed by atoms with van der Waals surface area (Å²) in [6.45, 7) is 2.17. The minimum atomic E-state index is -3.91. The third-order valence-corrected chi connectivity index (χ3v) is 5.68. The molecule has 0 saturated carbocycles. The fourth-order valence-corrected chi connectivity index (χ4v) is 3.79. The average molecular weight is 397 g/mol. The standard InChI is InChI=1S/C18H21ClN2O4S/c1-14-3-9-17(10-4-14)26(23,24)21(13-18(22)20-11-12-25-2)16-7-5-15(19)6-8-16/h3-10H,11-13H2,1-2H3,(H,20,22). The van der Waals surface area contributed by atoms with Crippen LogP contribution in [-0.2, 0) is 19.6 Å². The molecular weight excluding hydrogens is 376 g/mol. The zero-order valence-electron chi connectivity index (χ0n) is 14.6. The number of nitrogens with zero attached hydrogens (tertiary/aromatic N) is 1. The van der Waals surface area contributed by atoms with Crippen LogP contribution < -0.4 is 9.62 Å². The molecule has 0 radical (unpaired) electrons. The Morgan fingerprint density at radius 1 is 1.12 bits per heavy atom. The number of sulfonamides is 1. The predicted octanol–water partition coefficient (Wildman–Crippen LogP) is 2.61. The number of methoxy groups -OCH3 is 1. The van der Waals surface area contributed by atoms with Crippen molar-refractivity contribution in [2.45, 2.75) is 11.8 Å². The van der Waals surface area contributed by atoms with Gasteiger partial charge >= 0.3 is 0 Å². The van der Waals surface area contributed by atoms with Crippen LogP contribution in [0.25, 0.3) is 0 Å². The van der Waals surface area contributed by atoms with Crippen LogP contribution in [0.3, 0.4) is 0 Å². The first-order chi connectivity index (χ1) is 12.3. The van der Waals surface area contributed by atoms with Crippen LogP contribution in [0.5, 0.6) is 0 Å². The summed E-state index contributed by atoms with van der Waals surface area (Å²) in [7, 11) is -2.39. The van der Waals surface area contributed by atoms with Crippen molar-refractivity contribution in [3.05, 3.63) is 59.1 Å². The largest absolute Gasteiger partial charge is 0.383 e. The van der Waals surface area contributed by atoms with Gasteiger partial charge in [0, 0.05) is 18.7 Å². The summed E-state index contributed by atoms with van der Waals surface area (Å²) in [4.78, 5) is 12.3. The SMILES string of the molecule is COCCNC(=O)CN(c1ccc(Cl)cc1)S(=O)(=O)c1ccc(C)cc1. The highest BCUT2D eigenvalue weighted by Gasteiger charge is 2.27. The van der Waals surface area contributed by atoms with Gasteiger partial charge in [0.15, 0.2) is 0 Å². The maximum Gasteiger partial charge on any atom is 0.264 e. The van der Waals surface area contributed by atoms with Crippen LogP contribution in [-0.4, -0.2) is 41.1 Å². The number of rotatable bonds is 8. The van der Waals surface area contributed by atoms with Crippen molar-refractivity contribution in [2.24, 2.45) is 0 Å². The van der Waals surface area contributed by atoms with Crippen molar-refractivity contribution in [1.82, 2.24) is 5.32 Å². The zero-order valence-corrected chi connectivity index (χ0v) is 16.2. The Morgan fingerprint density at radius 3 is 2.31 bits per heavy atom. The number of hydrogen-bond acceptors (Lipinski definition) is 4. The topological polar surface area (TPSA) is 75.7 Å². The van der Waals surface area contributed by atoms with Crippen LogP contribution >= 0.6 is 11.6 Å². The first kappa shape index (κ1) is 20.2. The van der Waals surface area contributed by atoms with Gasteiger partial charge in [-0.2, -0.15) is 0 Å². The molecular formula is C18H21ClN2O4S. The highest BCUT2D eigenvalue weighted by molar-refractivity contribution is 7.92. The van der Waals surface area contributed by atoms with E-state index in [-0.39, 0.29) is 11.4 Å². The third-order valence-electron chi connectivity index (χ3n) is 3.64. The fourth-order valence-electron chi connectivity index (χ4n) is 2.24. The van der Waals surface area contributed by atoms with Gasteiger partial charge in [-0.3, -0.25) is 9.10 Å². The van der Waals surface area contributed by atoms with Gasteiger partial charge < -0.3 is 10.1 Å². The summed E-state index contributed by atoms with van der Waals surface area (Å²) in [6.07, 6.45) is 0. The smallest absolute Gasteiger partial charge is 0.264 e. The van der Waals surface area contributed by atoms with E-state index in [2.05, 4.69) is 5.32 Å². The average Bonchev–Trinajstić information content (AvgIpc) is 2.61. The highest BCUT2D eigenvalue weighted by Crippen LogP contribution is 2.25. The lowest BCUT2D eigenvalue weighted by molar-refractivity contribution is -0.119. The van der Waals surface area contributed by atoms with E-state index in [1.54, 1.807) is 36.4 Å². The van der Waals surface area contributed by atoms with Gasteiger partial charge in [-0.1, -0.05) is 29.3 Å². The fraction of sp³-hybridized carbons (Fsp3) is 0.278. The number of anilines is 1. The van der Waals surface area contributed by atoms with E-state index < -0.39 is 15.9 Å². The van der Waals surface area contributed by atoms with E-state index in [0.29, 0.717) is 23.9 Å². The number of ether oxygens (including phenoxy) is 1. The van der Waals surface area contributed by atoms with Crippen LogP contribution in [0.15, 0.2) is 53.4 Å². The summed E-state index contributed by atoms with van der Waals surface area (Å²) in [6, 6.07) is 12.8. The van der Waals surface area contributed by atoms with E-state index in [1.165, 1.54) is 19.2 Å².